The number of anilines is 1. The summed E-state index contributed by atoms with van der Waals surface area (Å²) in [4.78, 5) is 10.9. The normalized spacial score (nSPS) is 12.1. The first-order chi connectivity index (χ1) is 7.65. The van der Waals surface area contributed by atoms with Crippen molar-refractivity contribution in [3.05, 3.63) is 29.8 Å². The second-order valence-corrected chi connectivity index (χ2v) is 4.70. The quantitative estimate of drug-likeness (QED) is 0.801. The van der Waals surface area contributed by atoms with Crippen LogP contribution >= 0.6 is 11.8 Å². The number of para-hydroxylation sites is 1. The summed E-state index contributed by atoms with van der Waals surface area (Å²) in [5.41, 5.74) is 1.03. The molecule has 0 spiro atoms. The third-order valence-corrected chi connectivity index (χ3v) is 3.15. The van der Waals surface area contributed by atoms with Crippen LogP contribution in [0.5, 0.6) is 0 Å². The summed E-state index contributed by atoms with van der Waals surface area (Å²) >= 11 is 1.80. The molecular formula is C12H17NO2S. The Morgan fingerprint density at radius 2 is 2.19 bits per heavy atom. The summed E-state index contributed by atoms with van der Waals surface area (Å²) in [5.74, 6) is 0.708. The Balaban J connectivity index is 2.63. The average Bonchev–Trinajstić information content (AvgIpc) is 2.27. The Hall–Kier alpha value is -1.16. The fourth-order valence-electron chi connectivity index (χ4n) is 1.45. The zero-order valence-electron chi connectivity index (χ0n) is 9.56. The number of rotatable bonds is 6. The third kappa shape index (κ3) is 3.77. The largest absolute Gasteiger partial charge is 0.478 e. The van der Waals surface area contributed by atoms with Gasteiger partial charge in [0, 0.05) is 12.2 Å². The lowest BCUT2D eigenvalue weighted by Crippen LogP contribution is -2.15. The van der Waals surface area contributed by atoms with Crippen LogP contribution in [0, 0.1) is 5.92 Å². The zero-order valence-corrected chi connectivity index (χ0v) is 10.4. The number of carboxylic acid groups (broad SMARTS) is 1. The van der Waals surface area contributed by atoms with Crippen molar-refractivity contribution in [2.75, 3.05) is 23.9 Å². The van der Waals surface area contributed by atoms with Crippen LogP contribution in [-0.2, 0) is 0 Å². The molecule has 16 heavy (non-hydrogen) atoms. The summed E-state index contributed by atoms with van der Waals surface area (Å²) in [5, 5.41) is 12.2. The highest BCUT2D eigenvalue weighted by Crippen LogP contribution is 2.15. The van der Waals surface area contributed by atoms with E-state index in [2.05, 4.69) is 18.5 Å². The first-order valence-corrected chi connectivity index (χ1v) is 6.59. The summed E-state index contributed by atoms with van der Waals surface area (Å²) in [6.07, 6.45) is 2.07. The van der Waals surface area contributed by atoms with Gasteiger partial charge >= 0.3 is 5.97 Å². The van der Waals surface area contributed by atoms with Crippen LogP contribution in [-0.4, -0.2) is 29.6 Å². The van der Waals surface area contributed by atoms with E-state index in [9.17, 15) is 4.79 Å². The minimum Gasteiger partial charge on any atom is -0.478 e. The van der Waals surface area contributed by atoms with E-state index < -0.39 is 5.97 Å². The second-order valence-electron chi connectivity index (χ2n) is 3.79. The molecule has 1 rings (SSSR count). The van der Waals surface area contributed by atoms with Crippen molar-refractivity contribution >= 4 is 23.4 Å². The fourth-order valence-corrected chi connectivity index (χ4v) is 2.14. The van der Waals surface area contributed by atoms with Crippen LogP contribution in [0.15, 0.2) is 24.3 Å². The van der Waals surface area contributed by atoms with Crippen molar-refractivity contribution < 1.29 is 9.90 Å². The number of hydrogen-bond donors (Lipinski definition) is 2. The molecule has 1 aromatic carbocycles. The Morgan fingerprint density at radius 1 is 1.50 bits per heavy atom. The maximum Gasteiger partial charge on any atom is 0.337 e. The molecule has 1 aromatic rings. The Labute approximate surface area is 100 Å². The second kappa shape index (κ2) is 6.43. The van der Waals surface area contributed by atoms with Gasteiger partial charge in [0.25, 0.3) is 0 Å². The maximum atomic E-state index is 10.9. The predicted octanol–water partition coefficient (Wildman–Crippen LogP) is 2.80. The van der Waals surface area contributed by atoms with Crippen LogP contribution in [0.1, 0.15) is 17.3 Å². The van der Waals surface area contributed by atoms with Crippen LogP contribution < -0.4 is 5.32 Å². The lowest BCUT2D eigenvalue weighted by Gasteiger charge is -2.13. The minimum atomic E-state index is -0.888. The van der Waals surface area contributed by atoms with Crippen molar-refractivity contribution in [2.45, 2.75) is 6.92 Å². The Bertz CT molecular complexity index is 355. The van der Waals surface area contributed by atoms with Crippen molar-refractivity contribution in [1.82, 2.24) is 0 Å². The number of carbonyl (C=O) groups is 1. The number of nitrogens with one attached hydrogen (secondary N) is 1. The topological polar surface area (TPSA) is 49.3 Å². The molecule has 0 aliphatic heterocycles. The molecule has 0 radical (unpaired) electrons. The number of benzene rings is 1. The molecule has 3 nitrogen and oxygen atoms in total. The molecule has 88 valence electrons. The highest BCUT2D eigenvalue weighted by atomic mass is 32.2. The van der Waals surface area contributed by atoms with Gasteiger partial charge in [-0.05, 0) is 30.1 Å². The molecule has 1 atom stereocenters. The summed E-state index contributed by atoms with van der Waals surface area (Å²) in [7, 11) is 0. The van der Waals surface area contributed by atoms with E-state index in [1.807, 2.05) is 6.07 Å². The van der Waals surface area contributed by atoms with Gasteiger partial charge in [0.05, 0.1) is 5.56 Å². The van der Waals surface area contributed by atoms with E-state index in [4.69, 9.17) is 5.11 Å². The standard InChI is InChI=1S/C12H17NO2S/c1-9(8-16-2)7-13-11-6-4-3-5-10(11)12(14)15/h3-6,9,13H,7-8H2,1-2H3,(H,14,15). The van der Waals surface area contributed by atoms with E-state index in [0.29, 0.717) is 17.2 Å². The highest BCUT2D eigenvalue weighted by molar-refractivity contribution is 7.98. The van der Waals surface area contributed by atoms with Crippen molar-refractivity contribution in [1.29, 1.82) is 0 Å². The smallest absolute Gasteiger partial charge is 0.337 e. The fraction of sp³-hybridized carbons (Fsp3) is 0.417. The van der Waals surface area contributed by atoms with Gasteiger partial charge in [-0.15, -0.1) is 0 Å². The molecular weight excluding hydrogens is 222 g/mol. The number of thioether (sulfide) groups is 1. The van der Waals surface area contributed by atoms with Gasteiger partial charge < -0.3 is 10.4 Å². The first-order valence-electron chi connectivity index (χ1n) is 5.20. The zero-order chi connectivity index (χ0) is 12.0. The Morgan fingerprint density at radius 3 is 2.81 bits per heavy atom. The van der Waals surface area contributed by atoms with Gasteiger partial charge in [-0.2, -0.15) is 11.8 Å². The molecule has 2 N–H and O–H groups in total. The van der Waals surface area contributed by atoms with E-state index in [1.54, 1.807) is 30.0 Å². The molecule has 0 aliphatic rings. The predicted molar refractivity (Wildman–Crippen MR) is 69.4 cm³/mol. The lowest BCUT2D eigenvalue weighted by atomic mass is 10.1. The minimum absolute atomic E-state index is 0.332. The van der Waals surface area contributed by atoms with Crippen molar-refractivity contribution in [3.63, 3.8) is 0 Å². The van der Waals surface area contributed by atoms with Gasteiger partial charge in [0.2, 0.25) is 0 Å². The van der Waals surface area contributed by atoms with Gasteiger partial charge in [-0.25, -0.2) is 4.79 Å². The average molecular weight is 239 g/mol. The molecule has 0 saturated carbocycles. The Kier molecular flexibility index (Phi) is 5.19. The molecule has 0 heterocycles. The van der Waals surface area contributed by atoms with E-state index in [0.717, 1.165) is 12.3 Å². The van der Waals surface area contributed by atoms with Crippen LogP contribution in [0.4, 0.5) is 5.69 Å². The summed E-state index contributed by atoms with van der Waals surface area (Å²) < 4.78 is 0. The lowest BCUT2D eigenvalue weighted by molar-refractivity contribution is 0.0698. The maximum absolute atomic E-state index is 10.9. The van der Waals surface area contributed by atoms with Gasteiger partial charge in [0.15, 0.2) is 0 Å². The molecule has 4 heteroatoms. The number of hydrogen-bond acceptors (Lipinski definition) is 3. The molecule has 0 aliphatic carbocycles. The van der Waals surface area contributed by atoms with Gasteiger partial charge in [-0.3, -0.25) is 0 Å². The van der Waals surface area contributed by atoms with E-state index in [-0.39, 0.29) is 0 Å². The number of aromatic carboxylic acids is 1. The van der Waals surface area contributed by atoms with Crippen LogP contribution in [0.2, 0.25) is 0 Å². The SMILES string of the molecule is CSCC(C)CNc1ccccc1C(=O)O. The summed E-state index contributed by atoms with van der Waals surface area (Å²) in [6.45, 7) is 2.94. The highest BCUT2D eigenvalue weighted by Gasteiger charge is 2.09. The van der Waals surface area contributed by atoms with Crippen LogP contribution in [0.3, 0.4) is 0 Å². The molecule has 0 amide bonds. The van der Waals surface area contributed by atoms with Gasteiger partial charge in [-0.1, -0.05) is 19.1 Å². The monoisotopic (exact) mass is 239 g/mol. The van der Waals surface area contributed by atoms with Crippen molar-refractivity contribution in [2.24, 2.45) is 5.92 Å². The third-order valence-electron chi connectivity index (χ3n) is 2.25. The first kappa shape index (κ1) is 12.9. The molecule has 0 saturated heterocycles. The molecule has 0 bridgehead atoms. The van der Waals surface area contributed by atoms with E-state index >= 15 is 0 Å². The van der Waals surface area contributed by atoms with Crippen molar-refractivity contribution in [3.8, 4) is 0 Å². The van der Waals surface area contributed by atoms with Crippen LogP contribution in [0.25, 0.3) is 0 Å². The molecule has 0 fully saturated rings. The summed E-state index contributed by atoms with van der Waals surface area (Å²) in [6, 6.07) is 6.99. The van der Waals surface area contributed by atoms with E-state index in [1.165, 1.54) is 0 Å². The molecule has 1 unspecified atom stereocenters. The van der Waals surface area contributed by atoms with Gasteiger partial charge in [0.1, 0.15) is 0 Å². The molecule has 0 aromatic heterocycles. The number of carboxylic acids is 1.